The second kappa shape index (κ2) is 6.14. The van der Waals surface area contributed by atoms with E-state index in [1.807, 2.05) is 0 Å². The quantitative estimate of drug-likeness (QED) is 0.655. The normalized spacial score (nSPS) is 17.7. The van der Waals surface area contributed by atoms with Gasteiger partial charge in [0.15, 0.2) is 0 Å². The number of hydrogen-bond donors (Lipinski definition) is 0. The molecule has 0 aliphatic heterocycles. The standard InChI is InChI=1S/C13H26O2/c1-8(2)10(5)11(6)13(9(3)4)15-12(7)14/h8-11,13H,1-7H3. The van der Waals surface area contributed by atoms with Gasteiger partial charge in [0.1, 0.15) is 6.10 Å². The van der Waals surface area contributed by atoms with Crippen LogP contribution >= 0.6 is 0 Å². The average molecular weight is 214 g/mol. The Hall–Kier alpha value is -0.530. The minimum absolute atomic E-state index is 0.0416. The fourth-order valence-electron chi connectivity index (χ4n) is 1.95. The molecule has 15 heavy (non-hydrogen) atoms. The summed E-state index contributed by atoms with van der Waals surface area (Å²) in [6.45, 7) is 14.5. The predicted molar refractivity (Wildman–Crippen MR) is 63.6 cm³/mol. The number of carbonyl (C=O) groups is 1. The smallest absolute Gasteiger partial charge is 0.302 e. The molecule has 0 aromatic heterocycles. The third-order valence-electron chi connectivity index (χ3n) is 3.36. The van der Waals surface area contributed by atoms with Crippen molar-refractivity contribution in [2.45, 2.75) is 54.6 Å². The molecule has 2 nitrogen and oxygen atoms in total. The molecule has 0 fully saturated rings. The largest absolute Gasteiger partial charge is 0.462 e. The number of rotatable bonds is 5. The van der Waals surface area contributed by atoms with E-state index in [-0.39, 0.29) is 12.1 Å². The first-order chi connectivity index (χ1) is 6.77. The topological polar surface area (TPSA) is 26.3 Å². The lowest BCUT2D eigenvalue weighted by Gasteiger charge is -2.33. The van der Waals surface area contributed by atoms with E-state index >= 15 is 0 Å². The first-order valence-electron chi connectivity index (χ1n) is 5.94. The van der Waals surface area contributed by atoms with Gasteiger partial charge in [-0.15, -0.1) is 0 Å². The molecule has 0 bridgehead atoms. The number of esters is 1. The third kappa shape index (κ3) is 4.67. The Morgan fingerprint density at radius 3 is 1.60 bits per heavy atom. The molecule has 0 saturated carbocycles. The highest BCUT2D eigenvalue weighted by Gasteiger charge is 2.29. The van der Waals surface area contributed by atoms with Crippen LogP contribution in [-0.2, 0) is 9.53 Å². The summed E-state index contributed by atoms with van der Waals surface area (Å²) in [6, 6.07) is 0. The van der Waals surface area contributed by atoms with Crippen LogP contribution in [0, 0.1) is 23.7 Å². The first kappa shape index (κ1) is 14.5. The van der Waals surface area contributed by atoms with Crippen molar-refractivity contribution >= 4 is 5.97 Å². The lowest BCUT2D eigenvalue weighted by atomic mass is 9.79. The lowest BCUT2D eigenvalue weighted by Crippen LogP contribution is -2.34. The van der Waals surface area contributed by atoms with Gasteiger partial charge in [-0.3, -0.25) is 4.79 Å². The highest BCUT2D eigenvalue weighted by atomic mass is 16.5. The van der Waals surface area contributed by atoms with Gasteiger partial charge in [0.05, 0.1) is 0 Å². The molecule has 0 aliphatic carbocycles. The van der Waals surface area contributed by atoms with Crippen molar-refractivity contribution < 1.29 is 9.53 Å². The predicted octanol–water partition coefficient (Wildman–Crippen LogP) is 3.50. The first-order valence-corrected chi connectivity index (χ1v) is 5.94. The maximum atomic E-state index is 11.0. The Morgan fingerprint density at radius 2 is 1.33 bits per heavy atom. The molecule has 3 atom stereocenters. The summed E-state index contributed by atoms with van der Waals surface area (Å²) >= 11 is 0. The molecule has 0 saturated heterocycles. The van der Waals surface area contributed by atoms with Crippen LogP contribution in [0.4, 0.5) is 0 Å². The number of ether oxygens (including phenoxy) is 1. The molecular formula is C13H26O2. The molecule has 0 amide bonds. The molecule has 0 spiro atoms. The van der Waals surface area contributed by atoms with Crippen molar-refractivity contribution in [1.29, 1.82) is 0 Å². The fraction of sp³-hybridized carbons (Fsp3) is 0.923. The highest BCUT2D eigenvalue weighted by Crippen LogP contribution is 2.28. The van der Waals surface area contributed by atoms with E-state index < -0.39 is 0 Å². The molecule has 0 radical (unpaired) electrons. The van der Waals surface area contributed by atoms with Crippen LogP contribution in [-0.4, -0.2) is 12.1 Å². The molecule has 0 aliphatic rings. The van der Waals surface area contributed by atoms with E-state index in [2.05, 4.69) is 41.5 Å². The molecule has 2 heteroatoms. The minimum Gasteiger partial charge on any atom is -0.462 e. The van der Waals surface area contributed by atoms with Gasteiger partial charge >= 0.3 is 5.97 Å². The third-order valence-corrected chi connectivity index (χ3v) is 3.36. The van der Waals surface area contributed by atoms with Crippen LogP contribution in [0.5, 0.6) is 0 Å². The van der Waals surface area contributed by atoms with Crippen molar-refractivity contribution in [2.24, 2.45) is 23.7 Å². The van der Waals surface area contributed by atoms with E-state index in [1.54, 1.807) is 0 Å². The van der Waals surface area contributed by atoms with Gasteiger partial charge in [0.25, 0.3) is 0 Å². The van der Waals surface area contributed by atoms with Gasteiger partial charge < -0.3 is 4.74 Å². The van der Waals surface area contributed by atoms with Crippen LogP contribution < -0.4 is 0 Å². The second-order valence-electron chi connectivity index (χ2n) is 5.28. The fourth-order valence-corrected chi connectivity index (χ4v) is 1.95. The molecular weight excluding hydrogens is 188 g/mol. The summed E-state index contributed by atoms with van der Waals surface area (Å²) in [5.74, 6) is 1.81. The number of carbonyl (C=O) groups excluding carboxylic acids is 1. The van der Waals surface area contributed by atoms with Crippen molar-refractivity contribution in [3.8, 4) is 0 Å². The summed E-state index contributed by atoms with van der Waals surface area (Å²) in [7, 11) is 0. The Labute approximate surface area is 94.4 Å². The van der Waals surface area contributed by atoms with E-state index in [4.69, 9.17) is 4.74 Å². The van der Waals surface area contributed by atoms with Crippen molar-refractivity contribution in [1.82, 2.24) is 0 Å². The van der Waals surface area contributed by atoms with Gasteiger partial charge in [0.2, 0.25) is 0 Å². The molecule has 0 heterocycles. The van der Waals surface area contributed by atoms with E-state index in [0.29, 0.717) is 23.7 Å². The zero-order valence-corrected chi connectivity index (χ0v) is 11.2. The molecule has 3 unspecified atom stereocenters. The summed E-state index contributed by atoms with van der Waals surface area (Å²) in [5.41, 5.74) is 0. The Morgan fingerprint density at radius 1 is 0.867 bits per heavy atom. The lowest BCUT2D eigenvalue weighted by molar-refractivity contribution is -0.153. The minimum atomic E-state index is -0.170. The average Bonchev–Trinajstić information content (AvgIpc) is 2.10. The van der Waals surface area contributed by atoms with Crippen molar-refractivity contribution in [2.75, 3.05) is 0 Å². The van der Waals surface area contributed by atoms with E-state index in [1.165, 1.54) is 6.92 Å². The van der Waals surface area contributed by atoms with Gasteiger partial charge in [-0.2, -0.15) is 0 Å². The molecule has 0 aromatic carbocycles. The van der Waals surface area contributed by atoms with Crippen molar-refractivity contribution in [3.05, 3.63) is 0 Å². The highest BCUT2D eigenvalue weighted by molar-refractivity contribution is 5.66. The van der Waals surface area contributed by atoms with Crippen LogP contribution in [0.3, 0.4) is 0 Å². The summed E-state index contributed by atoms with van der Waals surface area (Å²) in [5, 5.41) is 0. The van der Waals surface area contributed by atoms with E-state index in [0.717, 1.165) is 0 Å². The number of hydrogen-bond acceptors (Lipinski definition) is 2. The Bertz CT molecular complexity index is 197. The molecule has 0 rings (SSSR count). The van der Waals surface area contributed by atoms with E-state index in [9.17, 15) is 4.79 Å². The van der Waals surface area contributed by atoms with Crippen LogP contribution in [0.25, 0.3) is 0 Å². The van der Waals surface area contributed by atoms with Crippen LogP contribution in [0.2, 0.25) is 0 Å². The van der Waals surface area contributed by atoms with Gasteiger partial charge in [-0.25, -0.2) is 0 Å². The maximum absolute atomic E-state index is 11.0. The Balaban J connectivity index is 4.54. The Kier molecular flexibility index (Phi) is 5.92. The molecule has 0 N–H and O–H groups in total. The van der Waals surface area contributed by atoms with Crippen LogP contribution in [0.1, 0.15) is 48.5 Å². The van der Waals surface area contributed by atoms with Crippen LogP contribution in [0.15, 0.2) is 0 Å². The maximum Gasteiger partial charge on any atom is 0.302 e. The van der Waals surface area contributed by atoms with Gasteiger partial charge in [0, 0.05) is 6.92 Å². The zero-order chi connectivity index (χ0) is 12.2. The zero-order valence-electron chi connectivity index (χ0n) is 11.2. The summed E-state index contributed by atoms with van der Waals surface area (Å²) < 4.78 is 5.41. The summed E-state index contributed by atoms with van der Waals surface area (Å²) in [6.07, 6.45) is 0.0416. The SMILES string of the molecule is CC(=O)OC(C(C)C)C(C)C(C)C(C)C. The van der Waals surface area contributed by atoms with Crippen molar-refractivity contribution in [3.63, 3.8) is 0 Å². The molecule has 0 aromatic rings. The second-order valence-corrected chi connectivity index (χ2v) is 5.28. The molecule has 90 valence electrons. The monoisotopic (exact) mass is 214 g/mol. The summed E-state index contributed by atoms with van der Waals surface area (Å²) in [4.78, 5) is 11.0. The van der Waals surface area contributed by atoms with Gasteiger partial charge in [-0.05, 0) is 23.7 Å². The van der Waals surface area contributed by atoms with Gasteiger partial charge in [-0.1, -0.05) is 41.5 Å².